The van der Waals surface area contributed by atoms with Crippen molar-refractivity contribution in [3.05, 3.63) is 58.4 Å². The number of halogens is 1. The van der Waals surface area contributed by atoms with Crippen LogP contribution in [0.4, 0.5) is 10.1 Å². The molecule has 0 atom stereocenters. The quantitative estimate of drug-likeness (QED) is 0.397. The number of likely N-dealkylation sites (tertiary alicyclic amines) is 1. The molecule has 0 aliphatic carbocycles. The summed E-state index contributed by atoms with van der Waals surface area (Å²) in [5, 5.41) is 7.09. The monoisotopic (exact) mass is 422 g/mol. The smallest absolute Gasteiger partial charge is 0.212 e. The van der Waals surface area contributed by atoms with Gasteiger partial charge in [0.1, 0.15) is 17.2 Å². The number of hydrogen-bond acceptors (Lipinski definition) is 5. The zero-order chi connectivity index (χ0) is 22.1. The van der Waals surface area contributed by atoms with Crippen molar-refractivity contribution in [1.29, 1.82) is 0 Å². The molecule has 31 heavy (non-hydrogen) atoms. The molecule has 8 heteroatoms. The van der Waals surface area contributed by atoms with Crippen LogP contribution in [0.2, 0.25) is 0 Å². The number of amides is 1. The van der Waals surface area contributed by atoms with E-state index in [1.807, 2.05) is 26.8 Å². The summed E-state index contributed by atoms with van der Waals surface area (Å²) in [7, 11) is 2.11. The van der Waals surface area contributed by atoms with Crippen molar-refractivity contribution in [2.45, 2.75) is 39.5 Å². The molecule has 1 aliphatic rings. The Labute approximate surface area is 181 Å². The van der Waals surface area contributed by atoms with Crippen molar-refractivity contribution in [2.75, 3.05) is 20.1 Å². The average Bonchev–Trinajstić information content (AvgIpc) is 3.14. The Morgan fingerprint density at radius 1 is 1.23 bits per heavy atom. The Kier molecular flexibility index (Phi) is 5.82. The van der Waals surface area contributed by atoms with Crippen LogP contribution in [-0.2, 0) is 4.79 Å². The van der Waals surface area contributed by atoms with Crippen LogP contribution in [0.5, 0.6) is 0 Å². The van der Waals surface area contributed by atoms with Crippen molar-refractivity contribution >= 4 is 23.4 Å². The molecular weight excluding hydrogens is 395 g/mol. The van der Waals surface area contributed by atoms with E-state index < -0.39 is 5.82 Å². The lowest BCUT2D eigenvalue weighted by molar-refractivity contribution is -0.108. The number of aryl methyl sites for hydroxylation is 3. The molecular formula is C23H27FN6O. The molecule has 7 nitrogen and oxygen atoms in total. The number of fused-ring (bicyclic) bond motifs is 1. The molecule has 0 spiro atoms. The van der Waals surface area contributed by atoms with Crippen LogP contribution in [0.15, 0.2) is 29.4 Å². The normalized spacial score (nSPS) is 16.1. The molecule has 0 radical (unpaired) electrons. The van der Waals surface area contributed by atoms with E-state index in [0.29, 0.717) is 18.0 Å². The SMILES string of the molecule is Cc1cn2nc(C(=Nc3c(C)cc(C4CCN(C)CC4)cc3F)NC=O)cc2c(C)n1. The third kappa shape index (κ3) is 4.34. The maximum Gasteiger partial charge on any atom is 0.212 e. The number of nitrogens with zero attached hydrogens (tertiary/aromatic N) is 5. The minimum absolute atomic E-state index is 0.199. The van der Waals surface area contributed by atoms with Crippen LogP contribution in [0.1, 0.15) is 47.0 Å². The number of aliphatic imine (C=N–C) groups is 1. The number of nitrogens with one attached hydrogen (secondary N) is 1. The van der Waals surface area contributed by atoms with Gasteiger partial charge in [0.15, 0.2) is 5.84 Å². The Balaban J connectivity index is 1.72. The van der Waals surface area contributed by atoms with E-state index in [1.165, 1.54) is 0 Å². The maximum atomic E-state index is 15.1. The Morgan fingerprint density at radius 2 is 1.97 bits per heavy atom. The first kappa shape index (κ1) is 21.1. The standard InChI is InChI=1S/C23H27FN6O/c1-14-9-18(17-5-7-29(4)8-6-17)10-19(24)22(14)27-23(25-13-31)20-11-21-16(3)26-15(2)12-30(21)28-20/h9-13,17H,5-8H2,1-4H3,(H,25,27,31). The fraction of sp³-hybridized carbons (Fsp3) is 0.391. The van der Waals surface area contributed by atoms with E-state index in [0.717, 1.165) is 54.0 Å². The van der Waals surface area contributed by atoms with E-state index >= 15 is 4.39 Å². The van der Waals surface area contributed by atoms with Gasteiger partial charge in [-0.1, -0.05) is 6.07 Å². The third-order valence-corrected chi connectivity index (χ3v) is 5.89. The van der Waals surface area contributed by atoms with Crippen molar-refractivity contribution in [3.8, 4) is 0 Å². The van der Waals surface area contributed by atoms with Gasteiger partial charge < -0.3 is 10.2 Å². The lowest BCUT2D eigenvalue weighted by Crippen LogP contribution is -2.29. The minimum Gasteiger partial charge on any atom is -0.311 e. The first-order valence-electron chi connectivity index (χ1n) is 10.5. The number of rotatable bonds is 4. The van der Waals surface area contributed by atoms with Gasteiger partial charge in [0.05, 0.1) is 23.1 Å². The molecule has 3 aromatic rings. The van der Waals surface area contributed by atoms with Gasteiger partial charge in [-0.3, -0.25) is 9.78 Å². The highest BCUT2D eigenvalue weighted by atomic mass is 19.1. The predicted octanol–water partition coefficient (Wildman–Crippen LogP) is 3.43. The number of hydrogen-bond donors (Lipinski definition) is 1. The van der Waals surface area contributed by atoms with E-state index in [-0.39, 0.29) is 11.5 Å². The molecule has 4 rings (SSSR count). The summed E-state index contributed by atoms with van der Waals surface area (Å²) in [6, 6.07) is 5.39. The average molecular weight is 423 g/mol. The van der Waals surface area contributed by atoms with Gasteiger partial charge in [-0.15, -0.1) is 0 Å². The third-order valence-electron chi connectivity index (χ3n) is 5.89. The van der Waals surface area contributed by atoms with Gasteiger partial charge in [0.25, 0.3) is 0 Å². The van der Waals surface area contributed by atoms with E-state index in [1.54, 1.807) is 22.8 Å². The lowest BCUT2D eigenvalue weighted by Gasteiger charge is -2.29. The number of amidine groups is 1. The zero-order valence-electron chi connectivity index (χ0n) is 18.3. The van der Waals surface area contributed by atoms with Crippen LogP contribution in [0, 0.1) is 26.6 Å². The van der Waals surface area contributed by atoms with Gasteiger partial charge in [-0.25, -0.2) is 13.9 Å². The van der Waals surface area contributed by atoms with Crippen LogP contribution in [-0.4, -0.2) is 51.9 Å². The number of aromatic nitrogens is 3. The van der Waals surface area contributed by atoms with Crippen LogP contribution < -0.4 is 5.32 Å². The minimum atomic E-state index is -0.392. The highest BCUT2D eigenvalue weighted by molar-refractivity contribution is 6.04. The number of carbonyl (C=O) groups is 1. The topological polar surface area (TPSA) is 74.9 Å². The second-order valence-electron chi connectivity index (χ2n) is 8.30. The molecule has 1 N–H and O–H groups in total. The summed E-state index contributed by atoms with van der Waals surface area (Å²) in [4.78, 5) is 22.4. The van der Waals surface area contributed by atoms with Crippen molar-refractivity contribution in [3.63, 3.8) is 0 Å². The molecule has 0 unspecified atom stereocenters. The van der Waals surface area contributed by atoms with Crippen molar-refractivity contribution < 1.29 is 9.18 Å². The maximum absolute atomic E-state index is 15.1. The van der Waals surface area contributed by atoms with Crippen molar-refractivity contribution in [1.82, 2.24) is 24.8 Å². The number of piperidine rings is 1. The molecule has 1 aliphatic heterocycles. The van der Waals surface area contributed by atoms with Gasteiger partial charge in [-0.2, -0.15) is 5.10 Å². The summed E-state index contributed by atoms with van der Waals surface area (Å²) in [5.74, 6) is 0.161. The second kappa shape index (κ2) is 8.55. The Morgan fingerprint density at radius 3 is 2.65 bits per heavy atom. The molecule has 0 saturated carbocycles. The summed E-state index contributed by atoms with van der Waals surface area (Å²) in [5.41, 5.74) is 4.84. The summed E-state index contributed by atoms with van der Waals surface area (Å²) in [6.07, 6.45) is 4.36. The van der Waals surface area contributed by atoms with Gasteiger partial charge in [0.2, 0.25) is 6.41 Å². The van der Waals surface area contributed by atoms with Crippen molar-refractivity contribution in [2.24, 2.45) is 4.99 Å². The predicted molar refractivity (Wildman–Crippen MR) is 118 cm³/mol. The molecule has 1 fully saturated rings. The van der Waals surface area contributed by atoms with E-state index in [9.17, 15) is 4.79 Å². The summed E-state index contributed by atoms with van der Waals surface area (Å²) in [6.45, 7) is 7.65. The lowest BCUT2D eigenvalue weighted by atomic mass is 9.88. The van der Waals surface area contributed by atoms with E-state index in [2.05, 4.69) is 32.3 Å². The summed E-state index contributed by atoms with van der Waals surface area (Å²) >= 11 is 0. The largest absolute Gasteiger partial charge is 0.311 e. The molecule has 2 aromatic heterocycles. The molecule has 1 amide bonds. The highest BCUT2D eigenvalue weighted by Gasteiger charge is 2.21. The summed E-state index contributed by atoms with van der Waals surface area (Å²) < 4.78 is 16.8. The number of carbonyl (C=O) groups excluding carboxylic acids is 1. The van der Waals surface area contributed by atoms with Crippen LogP contribution in [0.3, 0.4) is 0 Å². The molecule has 162 valence electrons. The molecule has 0 bridgehead atoms. The van der Waals surface area contributed by atoms with Gasteiger partial charge in [-0.05, 0) is 82.9 Å². The van der Waals surface area contributed by atoms with Crippen LogP contribution >= 0.6 is 0 Å². The molecule has 3 heterocycles. The zero-order valence-corrected chi connectivity index (χ0v) is 18.3. The van der Waals surface area contributed by atoms with Gasteiger partial charge in [0, 0.05) is 0 Å². The van der Waals surface area contributed by atoms with E-state index in [4.69, 9.17) is 0 Å². The molecule has 1 saturated heterocycles. The van der Waals surface area contributed by atoms with Crippen LogP contribution in [0.25, 0.3) is 5.52 Å². The first-order valence-corrected chi connectivity index (χ1v) is 10.5. The molecule has 1 aromatic carbocycles. The van der Waals surface area contributed by atoms with Gasteiger partial charge >= 0.3 is 0 Å². The second-order valence-corrected chi connectivity index (χ2v) is 8.30. The Bertz CT molecular complexity index is 1140. The fourth-order valence-electron chi connectivity index (χ4n) is 4.22. The Hall–Kier alpha value is -3.13. The highest BCUT2D eigenvalue weighted by Crippen LogP contribution is 2.33. The first-order chi connectivity index (χ1) is 14.9. The number of benzene rings is 1. The fourth-order valence-corrected chi connectivity index (χ4v) is 4.22.